The number of fused-ring (bicyclic) bond motifs is 2. The van der Waals surface area contributed by atoms with E-state index in [4.69, 9.17) is 25.2 Å². The second-order valence-corrected chi connectivity index (χ2v) is 14.3. The van der Waals surface area contributed by atoms with Crippen molar-refractivity contribution in [1.29, 1.82) is 0 Å². The van der Waals surface area contributed by atoms with E-state index in [-0.39, 0.29) is 29.8 Å². The third-order valence-electron chi connectivity index (χ3n) is 10.4. The minimum atomic E-state index is -2.19. The number of amides is 1. The van der Waals surface area contributed by atoms with Crippen molar-refractivity contribution in [2.24, 2.45) is 23.5 Å². The number of nitrogens with zero attached hydrogens (tertiary/aromatic N) is 5. The molecule has 12 heteroatoms. The lowest BCUT2D eigenvalue weighted by Gasteiger charge is -2.47. The van der Waals surface area contributed by atoms with E-state index in [1.54, 1.807) is 7.11 Å². The van der Waals surface area contributed by atoms with Gasteiger partial charge in [-0.15, -0.1) is 0 Å². The number of aliphatic hydroxyl groups is 2. The van der Waals surface area contributed by atoms with Gasteiger partial charge >= 0.3 is 0 Å². The van der Waals surface area contributed by atoms with Gasteiger partial charge in [0.2, 0.25) is 13.7 Å². The summed E-state index contributed by atoms with van der Waals surface area (Å²) in [6, 6.07) is 9.81. The van der Waals surface area contributed by atoms with Gasteiger partial charge in [-0.2, -0.15) is 0 Å². The van der Waals surface area contributed by atoms with Crippen molar-refractivity contribution in [3.63, 3.8) is 0 Å². The lowest BCUT2D eigenvalue weighted by atomic mass is 9.71. The van der Waals surface area contributed by atoms with E-state index in [0.717, 1.165) is 41.0 Å². The summed E-state index contributed by atoms with van der Waals surface area (Å²) in [6.45, 7) is 8.18. The van der Waals surface area contributed by atoms with Gasteiger partial charge in [0, 0.05) is 48.9 Å². The van der Waals surface area contributed by atoms with Gasteiger partial charge in [0.05, 0.1) is 23.9 Å². The monoisotopic (exact) mass is 628 g/mol. The summed E-state index contributed by atoms with van der Waals surface area (Å²) in [5, 5.41) is 20.9. The van der Waals surface area contributed by atoms with Gasteiger partial charge in [-0.3, -0.25) is 4.79 Å². The van der Waals surface area contributed by atoms with Crippen LogP contribution >= 0.6 is 0 Å². The predicted molar refractivity (Wildman–Crippen MR) is 178 cm³/mol. The molecule has 1 aliphatic heterocycles. The van der Waals surface area contributed by atoms with E-state index >= 15 is 0 Å². The van der Waals surface area contributed by atoms with Gasteiger partial charge in [0.25, 0.3) is 5.91 Å². The van der Waals surface area contributed by atoms with E-state index in [0.29, 0.717) is 48.7 Å². The first-order valence-corrected chi connectivity index (χ1v) is 16.6. The summed E-state index contributed by atoms with van der Waals surface area (Å²) in [5.41, 5.74) is 9.82. The number of carbonyl (C=O) groups excluding carboxylic acids is 1. The van der Waals surface area contributed by atoms with Crippen molar-refractivity contribution in [3.05, 3.63) is 42.1 Å². The van der Waals surface area contributed by atoms with E-state index < -0.39 is 11.5 Å². The van der Waals surface area contributed by atoms with Crippen molar-refractivity contribution in [3.8, 4) is 17.3 Å². The van der Waals surface area contributed by atoms with Crippen LogP contribution in [0, 0.1) is 17.8 Å². The highest BCUT2D eigenvalue weighted by atomic mass is 16.8. The first kappa shape index (κ1) is 31.2. The number of methoxy groups -OCH3 is 1. The van der Waals surface area contributed by atoms with Crippen LogP contribution in [0.1, 0.15) is 63.2 Å². The standard InChI is InChI=1S/C34H45BN6O5/c1-5-22-18-39(19(2)28(22)36)32(42)24-11-25-29(27(13-24)45-4)41(17-21-14-33(3,15-21)46-34(35,43)44)31(38-25)26-12-23-7-6-10-37-30(23)40(26)16-20-8-9-20/h6-7,10-13,19-22,28,43-44H,5,8-9,14-18,35-36H2,1-4H3. The molecular formula is C34H45BN6O5. The molecule has 1 amide bonds. The fourth-order valence-corrected chi connectivity index (χ4v) is 7.97. The second kappa shape index (κ2) is 11.4. The van der Waals surface area contributed by atoms with Crippen LogP contribution in [0.4, 0.5) is 0 Å². The summed E-state index contributed by atoms with van der Waals surface area (Å²) >= 11 is 0. The molecule has 46 heavy (non-hydrogen) atoms. The van der Waals surface area contributed by atoms with Gasteiger partial charge < -0.3 is 39.5 Å². The molecule has 4 heterocycles. The van der Waals surface area contributed by atoms with Crippen LogP contribution in [0.5, 0.6) is 5.75 Å². The Balaban J connectivity index is 1.33. The van der Waals surface area contributed by atoms with Gasteiger partial charge in [0.15, 0.2) is 5.82 Å². The molecule has 3 aromatic heterocycles. The number of benzene rings is 1. The Morgan fingerprint density at radius 1 is 1.17 bits per heavy atom. The van der Waals surface area contributed by atoms with Crippen LogP contribution < -0.4 is 10.5 Å². The molecule has 3 aliphatic rings. The van der Waals surface area contributed by atoms with Crippen molar-refractivity contribution < 1.29 is 24.5 Å². The highest BCUT2D eigenvalue weighted by Crippen LogP contribution is 2.45. The van der Waals surface area contributed by atoms with Gasteiger partial charge in [-0.1, -0.05) is 13.3 Å². The first-order valence-electron chi connectivity index (χ1n) is 16.6. The average molecular weight is 629 g/mol. The molecule has 2 aliphatic carbocycles. The van der Waals surface area contributed by atoms with Crippen molar-refractivity contribution >= 4 is 35.8 Å². The number of ether oxygens (including phenoxy) is 2. The van der Waals surface area contributed by atoms with Crippen LogP contribution in [0.25, 0.3) is 33.6 Å². The summed E-state index contributed by atoms with van der Waals surface area (Å²) in [7, 11) is 2.87. The van der Waals surface area contributed by atoms with Gasteiger partial charge in [-0.05, 0) is 87.6 Å². The molecule has 0 spiro atoms. The van der Waals surface area contributed by atoms with Crippen molar-refractivity contribution in [2.45, 2.75) is 89.5 Å². The molecule has 4 aromatic rings. The average Bonchev–Trinajstić information content (AvgIpc) is 3.55. The number of rotatable bonds is 10. The maximum atomic E-state index is 14.0. The molecule has 0 bridgehead atoms. The zero-order chi connectivity index (χ0) is 32.5. The number of pyridine rings is 1. The fourth-order valence-electron chi connectivity index (χ4n) is 7.97. The highest BCUT2D eigenvalue weighted by Gasteiger charge is 2.45. The fraction of sp³-hybridized carbons (Fsp3) is 0.559. The largest absolute Gasteiger partial charge is 0.494 e. The van der Waals surface area contributed by atoms with E-state index in [9.17, 15) is 15.0 Å². The quantitative estimate of drug-likeness (QED) is 0.180. The Bertz CT molecular complexity index is 1790. The van der Waals surface area contributed by atoms with Crippen LogP contribution in [0.2, 0.25) is 0 Å². The number of likely N-dealkylation sites (tertiary alicyclic amines) is 1. The molecule has 1 aromatic carbocycles. The third kappa shape index (κ3) is 5.59. The van der Waals surface area contributed by atoms with Gasteiger partial charge in [-0.25, -0.2) is 9.97 Å². The Labute approximate surface area is 270 Å². The Morgan fingerprint density at radius 2 is 1.91 bits per heavy atom. The molecule has 11 nitrogen and oxygen atoms in total. The molecule has 0 radical (unpaired) electrons. The molecule has 1 saturated heterocycles. The molecule has 3 atom stereocenters. The summed E-state index contributed by atoms with van der Waals surface area (Å²) in [6.07, 6.45) is 6.47. The lowest BCUT2D eigenvalue weighted by Crippen LogP contribution is -2.51. The molecule has 4 N–H and O–H groups in total. The number of imidazole rings is 1. The summed E-state index contributed by atoms with van der Waals surface area (Å²) in [5.74, 6) is 0.208. The molecule has 244 valence electrons. The molecule has 2 saturated carbocycles. The zero-order valence-corrected chi connectivity index (χ0v) is 27.4. The van der Waals surface area contributed by atoms with Crippen LogP contribution in [0.3, 0.4) is 0 Å². The Kier molecular flexibility index (Phi) is 7.70. The van der Waals surface area contributed by atoms with Gasteiger partial charge in [0.1, 0.15) is 16.9 Å². The predicted octanol–water partition coefficient (Wildman–Crippen LogP) is 3.08. The highest BCUT2D eigenvalue weighted by molar-refractivity contribution is 6.11. The minimum Gasteiger partial charge on any atom is -0.494 e. The zero-order valence-electron chi connectivity index (χ0n) is 27.4. The normalized spacial score (nSPS) is 26.6. The number of nitrogens with two attached hydrogens (primary N) is 1. The van der Waals surface area contributed by atoms with Crippen LogP contribution in [-0.4, -0.2) is 85.2 Å². The maximum absolute atomic E-state index is 14.0. The molecule has 3 fully saturated rings. The van der Waals surface area contributed by atoms with Crippen LogP contribution in [-0.2, 0) is 17.8 Å². The Morgan fingerprint density at radius 3 is 2.57 bits per heavy atom. The van der Waals surface area contributed by atoms with Crippen LogP contribution in [0.15, 0.2) is 36.5 Å². The first-order chi connectivity index (χ1) is 21.9. The molecule has 3 unspecified atom stereocenters. The van der Waals surface area contributed by atoms with E-state index in [1.807, 2.05) is 43.1 Å². The second-order valence-electron chi connectivity index (χ2n) is 14.3. The third-order valence-corrected chi connectivity index (χ3v) is 10.4. The van der Waals surface area contributed by atoms with E-state index in [2.05, 4.69) is 28.2 Å². The minimum absolute atomic E-state index is 0.0564. The SMILES string of the molecule is BC(O)(O)OC1(C)CC(Cn2c(-c3cc4cccnc4n3CC3CC3)nc3cc(C(=O)N4CC(CC)C(N)C4C)cc(OC)c32)C1. The number of hydrogen-bond acceptors (Lipinski definition) is 8. The van der Waals surface area contributed by atoms with Crippen molar-refractivity contribution in [1.82, 2.24) is 24.0 Å². The lowest BCUT2D eigenvalue weighted by molar-refractivity contribution is -0.338. The maximum Gasteiger partial charge on any atom is 0.254 e. The number of aromatic nitrogens is 4. The smallest absolute Gasteiger partial charge is 0.254 e. The topological polar surface area (TPSA) is 141 Å². The van der Waals surface area contributed by atoms with Crippen molar-refractivity contribution in [2.75, 3.05) is 13.7 Å². The molecule has 7 rings (SSSR count). The van der Waals surface area contributed by atoms with E-state index in [1.165, 1.54) is 20.7 Å². The Hall–Kier alpha value is -3.45. The molecular weight excluding hydrogens is 583 g/mol. The summed E-state index contributed by atoms with van der Waals surface area (Å²) < 4.78 is 16.1. The summed E-state index contributed by atoms with van der Waals surface area (Å²) in [4.78, 5) is 25.9. The number of hydrogen-bond donors (Lipinski definition) is 3. The number of carbonyl (C=O) groups is 1.